The van der Waals surface area contributed by atoms with E-state index in [-0.39, 0.29) is 6.61 Å². The molecule has 0 aliphatic rings. The second-order valence-corrected chi connectivity index (χ2v) is 4.98. The average molecular weight is 307 g/mol. The summed E-state index contributed by atoms with van der Waals surface area (Å²) in [4.78, 5) is 23.7. The van der Waals surface area contributed by atoms with Gasteiger partial charge in [0.2, 0.25) is 0 Å². The molecular weight excluding hydrogens is 282 g/mol. The zero-order chi connectivity index (χ0) is 16.2. The highest BCUT2D eigenvalue weighted by molar-refractivity contribution is 5.81. The smallest absolute Gasteiger partial charge is 0.407 e. The predicted molar refractivity (Wildman–Crippen MR) is 84.6 cm³/mol. The van der Waals surface area contributed by atoms with Crippen LogP contribution in [-0.2, 0) is 20.7 Å². The molecule has 0 bridgehead atoms. The standard InChI is InChI=1S/C17H25NO4/c1-3-5-9-12-22-16(19)15(18-17(20)21-4-2)13-14-10-7-6-8-11-14/h6-8,10-11,15H,3-5,9,12-13H2,1-2H3,(H,18,20). The predicted octanol–water partition coefficient (Wildman–Crippen LogP) is 3.08. The Morgan fingerprint density at radius 3 is 2.45 bits per heavy atom. The first-order chi connectivity index (χ1) is 10.7. The van der Waals surface area contributed by atoms with E-state index in [0.717, 1.165) is 24.8 Å². The topological polar surface area (TPSA) is 64.6 Å². The second kappa shape index (κ2) is 10.7. The SMILES string of the molecule is CCCCCOC(=O)C(Cc1ccccc1)NC(=O)OCC. The van der Waals surface area contributed by atoms with Crippen LogP contribution in [0.2, 0.25) is 0 Å². The van der Waals surface area contributed by atoms with Gasteiger partial charge in [0, 0.05) is 6.42 Å². The molecular formula is C17H25NO4. The van der Waals surface area contributed by atoms with Gasteiger partial charge in [-0.2, -0.15) is 0 Å². The summed E-state index contributed by atoms with van der Waals surface area (Å²) in [6, 6.07) is 8.77. The fourth-order valence-electron chi connectivity index (χ4n) is 1.98. The number of hydrogen-bond donors (Lipinski definition) is 1. The number of benzene rings is 1. The summed E-state index contributed by atoms with van der Waals surface area (Å²) in [5, 5.41) is 2.57. The largest absolute Gasteiger partial charge is 0.464 e. The number of rotatable bonds is 9. The Kier molecular flexibility index (Phi) is 8.72. The zero-order valence-corrected chi connectivity index (χ0v) is 13.3. The summed E-state index contributed by atoms with van der Waals surface area (Å²) >= 11 is 0. The molecule has 122 valence electrons. The Labute approximate surface area is 132 Å². The van der Waals surface area contributed by atoms with Crippen molar-refractivity contribution in [3.05, 3.63) is 35.9 Å². The van der Waals surface area contributed by atoms with Crippen molar-refractivity contribution in [2.24, 2.45) is 0 Å². The Balaban J connectivity index is 2.60. The molecule has 5 heteroatoms. The van der Waals surface area contributed by atoms with Gasteiger partial charge in [-0.25, -0.2) is 9.59 Å². The first kappa shape index (κ1) is 18.0. The van der Waals surface area contributed by atoms with E-state index < -0.39 is 18.1 Å². The van der Waals surface area contributed by atoms with Crippen molar-refractivity contribution in [1.29, 1.82) is 0 Å². The van der Waals surface area contributed by atoms with Crippen LogP contribution in [0, 0.1) is 0 Å². The highest BCUT2D eigenvalue weighted by atomic mass is 16.6. The van der Waals surface area contributed by atoms with Gasteiger partial charge in [-0.15, -0.1) is 0 Å². The molecule has 1 amide bonds. The van der Waals surface area contributed by atoms with Gasteiger partial charge in [-0.05, 0) is 18.9 Å². The van der Waals surface area contributed by atoms with Crippen LogP contribution in [0.5, 0.6) is 0 Å². The van der Waals surface area contributed by atoms with Crippen LogP contribution < -0.4 is 5.32 Å². The van der Waals surface area contributed by atoms with Crippen LogP contribution in [0.1, 0.15) is 38.7 Å². The molecule has 1 atom stereocenters. The first-order valence-electron chi connectivity index (χ1n) is 7.81. The lowest BCUT2D eigenvalue weighted by Crippen LogP contribution is -2.43. The van der Waals surface area contributed by atoms with Gasteiger partial charge < -0.3 is 14.8 Å². The molecule has 1 unspecified atom stereocenters. The normalized spacial score (nSPS) is 11.5. The lowest BCUT2D eigenvalue weighted by Gasteiger charge is -2.17. The van der Waals surface area contributed by atoms with Crippen molar-refractivity contribution >= 4 is 12.1 Å². The molecule has 0 spiro atoms. The van der Waals surface area contributed by atoms with E-state index in [4.69, 9.17) is 9.47 Å². The maximum atomic E-state index is 12.2. The summed E-state index contributed by atoms with van der Waals surface area (Å²) in [5.41, 5.74) is 0.954. The Morgan fingerprint density at radius 1 is 1.09 bits per heavy atom. The second-order valence-electron chi connectivity index (χ2n) is 4.98. The van der Waals surface area contributed by atoms with Gasteiger partial charge in [-0.3, -0.25) is 0 Å². The third kappa shape index (κ3) is 7.11. The molecule has 0 saturated carbocycles. The summed E-state index contributed by atoms with van der Waals surface area (Å²) in [5.74, 6) is -0.423. The molecule has 1 rings (SSSR count). The third-order valence-corrected chi connectivity index (χ3v) is 3.13. The molecule has 1 aromatic carbocycles. The maximum absolute atomic E-state index is 12.2. The molecule has 0 radical (unpaired) electrons. The average Bonchev–Trinajstić information content (AvgIpc) is 2.52. The summed E-state index contributed by atoms with van der Waals surface area (Å²) in [7, 11) is 0. The summed E-state index contributed by atoms with van der Waals surface area (Å²) < 4.78 is 10.1. The van der Waals surface area contributed by atoms with Gasteiger partial charge in [0.25, 0.3) is 0 Å². The first-order valence-corrected chi connectivity index (χ1v) is 7.81. The minimum Gasteiger partial charge on any atom is -0.464 e. The number of alkyl carbamates (subject to hydrolysis) is 1. The number of carbonyl (C=O) groups is 2. The monoisotopic (exact) mass is 307 g/mol. The van der Waals surface area contributed by atoms with Crippen molar-refractivity contribution in [2.75, 3.05) is 13.2 Å². The van der Waals surface area contributed by atoms with E-state index >= 15 is 0 Å². The van der Waals surface area contributed by atoms with E-state index in [0.29, 0.717) is 13.0 Å². The molecule has 5 nitrogen and oxygen atoms in total. The molecule has 1 aromatic rings. The van der Waals surface area contributed by atoms with Crippen LogP contribution in [0.3, 0.4) is 0 Å². The van der Waals surface area contributed by atoms with E-state index in [1.807, 2.05) is 30.3 Å². The molecule has 0 aliphatic heterocycles. The Hall–Kier alpha value is -2.04. The van der Waals surface area contributed by atoms with Crippen molar-refractivity contribution in [3.8, 4) is 0 Å². The van der Waals surface area contributed by atoms with Gasteiger partial charge in [0.05, 0.1) is 13.2 Å². The number of nitrogens with one attached hydrogen (secondary N) is 1. The van der Waals surface area contributed by atoms with Gasteiger partial charge in [0.1, 0.15) is 6.04 Å². The molecule has 22 heavy (non-hydrogen) atoms. The van der Waals surface area contributed by atoms with Gasteiger partial charge >= 0.3 is 12.1 Å². The molecule has 0 fully saturated rings. The van der Waals surface area contributed by atoms with Crippen LogP contribution in [-0.4, -0.2) is 31.3 Å². The zero-order valence-electron chi connectivity index (χ0n) is 13.3. The van der Waals surface area contributed by atoms with Crippen LogP contribution in [0.25, 0.3) is 0 Å². The number of hydrogen-bond acceptors (Lipinski definition) is 4. The van der Waals surface area contributed by atoms with Gasteiger partial charge in [-0.1, -0.05) is 50.1 Å². The highest BCUT2D eigenvalue weighted by Gasteiger charge is 2.23. The number of amides is 1. The number of unbranched alkanes of at least 4 members (excludes halogenated alkanes) is 2. The molecule has 0 aromatic heterocycles. The number of ether oxygens (including phenoxy) is 2. The van der Waals surface area contributed by atoms with Crippen molar-refractivity contribution < 1.29 is 19.1 Å². The molecule has 0 aliphatic carbocycles. The van der Waals surface area contributed by atoms with E-state index in [9.17, 15) is 9.59 Å². The molecule has 1 N–H and O–H groups in total. The lowest BCUT2D eigenvalue weighted by atomic mass is 10.1. The number of esters is 1. The van der Waals surface area contributed by atoms with Crippen LogP contribution >= 0.6 is 0 Å². The fourth-order valence-corrected chi connectivity index (χ4v) is 1.98. The van der Waals surface area contributed by atoms with Crippen molar-refractivity contribution in [3.63, 3.8) is 0 Å². The number of carbonyl (C=O) groups excluding carboxylic acids is 2. The summed E-state index contributed by atoms with van der Waals surface area (Å²) in [6.45, 7) is 4.44. The quantitative estimate of drug-likeness (QED) is 0.562. The minimum absolute atomic E-state index is 0.259. The van der Waals surface area contributed by atoms with E-state index in [2.05, 4.69) is 12.2 Å². The van der Waals surface area contributed by atoms with Crippen LogP contribution in [0.15, 0.2) is 30.3 Å². The van der Waals surface area contributed by atoms with E-state index in [1.54, 1.807) is 6.92 Å². The minimum atomic E-state index is -0.733. The lowest BCUT2D eigenvalue weighted by molar-refractivity contribution is -0.146. The summed E-state index contributed by atoms with van der Waals surface area (Å²) in [6.07, 6.45) is 2.69. The van der Waals surface area contributed by atoms with Crippen molar-refractivity contribution in [2.45, 2.75) is 45.6 Å². The third-order valence-electron chi connectivity index (χ3n) is 3.13. The van der Waals surface area contributed by atoms with Gasteiger partial charge in [0.15, 0.2) is 0 Å². The highest BCUT2D eigenvalue weighted by Crippen LogP contribution is 2.06. The molecule has 0 heterocycles. The van der Waals surface area contributed by atoms with Crippen LogP contribution in [0.4, 0.5) is 4.79 Å². The van der Waals surface area contributed by atoms with Crippen molar-refractivity contribution in [1.82, 2.24) is 5.32 Å². The fraction of sp³-hybridized carbons (Fsp3) is 0.529. The Bertz CT molecular complexity index is 447. The maximum Gasteiger partial charge on any atom is 0.407 e. The molecule has 0 saturated heterocycles. The Morgan fingerprint density at radius 2 is 1.82 bits per heavy atom. The van der Waals surface area contributed by atoms with E-state index in [1.165, 1.54) is 0 Å².